The highest BCUT2D eigenvalue weighted by Crippen LogP contribution is 2.39. The lowest BCUT2D eigenvalue weighted by Gasteiger charge is -2.26. The molecule has 4 nitrogen and oxygen atoms in total. The van der Waals surface area contributed by atoms with Gasteiger partial charge in [-0.1, -0.05) is 23.7 Å². The molecule has 1 aromatic carbocycles. The lowest BCUT2D eigenvalue weighted by atomic mass is 9.95. The number of amides is 1. The fourth-order valence-corrected chi connectivity index (χ4v) is 5.26. The number of carbonyl (C=O) groups excluding carboxylic acids is 1. The van der Waals surface area contributed by atoms with E-state index in [2.05, 4.69) is 31.3 Å². The van der Waals surface area contributed by atoms with Crippen LogP contribution in [-0.4, -0.2) is 19.0 Å². The number of rotatable bonds is 5. The molecule has 28 heavy (non-hydrogen) atoms. The van der Waals surface area contributed by atoms with Crippen LogP contribution < -0.4 is 10.2 Å². The third kappa shape index (κ3) is 3.75. The predicted octanol–water partition coefficient (Wildman–Crippen LogP) is 4.63. The Labute approximate surface area is 174 Å². The Kier molecular flexibility index (Phi) is 5.58. The predicted molar refractivity (Wildman–Crippen MR) is 114 cm³/mol. The molecule has 0 unspecified atom stereocenters. The minimum Gasteiger partial charge on any atom is -0.459 e. The van der Waals surface area contributed by atoms with Crippen molar-refractivity contribution in [2.24, 2.45) is 0 Å². The molecular formula is C22H24ClN2O2S+. The molecule has 1 fully saturated rings. The molecule has 0 radical (unpaired) electrons. The van der Waals surface area contributed by atoms with Gasteiger partial charge < -0.3 is 14.6 Å². The fraction of sp³-hybridized carbons (Fsp3) is 0.318. The first-order valence-corrected chi connectivity index (χ1v) is 10.8. The van der Waals surface area contributed by atoms with Gasteiger partial charge in [-0.3, -0.25) is 4.79 Å². The molecule has 2 aromatic heterocycles. The van der Waals surface area contributed by atoms with Crippen molar-refractivity contribution >= 4 is 33.8 Å². The van der Waals surface area contributed by atoms with E-state index in [1.54, 1.807) is 23.5 Å². The molecule has 2 N–H and O–H groups in total. The minimum atomic E-state index is -0.209. The second-order valence-corrected chi connectivity index (χ2v) is 8.97. The molecule has 0 saturated carbocycles. The number of hydrogen-bond donors (Lipinski definition) is 2. The third-order valence-electron chi connectivity index (χ3n) is 5.55. The number of thiophene rings is 1. The van der Waals surface area contributed by atoms with E-state index in [4.69, 9.17) is 16.0 Å². The van der Waals surface area contributed by atoms with Crippen LogP contribution in [-0.2, 0) is 0 Å². The number of carbonyl (C=O) groups is 1. The molecule has 0 bridgehead atoms. The van der Waals surface area contributed by atoms with Crippen LogP contribution in [0.3, 0.4) is 0 Å². The zero-order valence-corrected chi connectivity index (χ0v) is 17.6. The maximum Gasteiger partial charge on any atom is 0.291 e. The number of anilines is 1. The molecular weight excluding hydrogens is 392 g/mol. The van der Waals surface area contributed by atoms with Gasteiger partial charge in [-0.2, -0.15) is 0 Å². The van der Waals surface area contributed by atoms with Gasteiger partial charge in [0.1, 0.15) is 11.0 Å². The normalized spacial score (nSPS) is 15.7. The highest BCUT2D eigenvalue weighted by Gasteiger charge is 2.34. The van der Waals surface area contributed by atoms with Crippen LogP contribution in [0, 0.1) is 13.8 Å². The van der Waals surface area contributed by atoms with Crippen LogP contribution in [0.15, 0.2) is 47.1 Å². The van der Waals surface area contributed by atoms with Crippen LogP contribution in [0.4, 0.5) is 5.00 Å². The van der Waals surface area contributed by atoms with Gasteiger partial charge in [-0.15, -0.1) is 11.3 Å². The SMILES string of the molecule is Cc1sc(NC(=O)c2ccco2)c([C@H](c2ccc(Cl)cc2)[NH+]2CCCC2)c1C. The van der Waals surface area contributed by atoms with E-state index in [0.29, 0.717) is 5.76 Å². The van der Waals surface area contributed by atoms with Crippen molar-refractivity contribution < 1.29 is 14.1 Å². The maximum atomic E-state index is 12.7. The number of nitrogens with one attached hydrogen (secondary N) is 2. The van der Waals surface area contributed by atoms with Crippen molar-refractivity contribution in [2.45, 2.75) is 32.7 Å². The lowest BCUT2D eigenvalue weighted by Crippen LogP contribution is -3.10. The summed E-state index contributed by atoms with van der Waals surface area (Å²) in [5.74, 6) is 0.116. The summed E-state index contributed by atoms with van der Waals surface area (Å²) < 4.78 is 5.28. The molecule has 0 aliphatic carbocycles. The van der Waals surface area contributed by atoms with Gasteiger partial charge in [0, 0.05) is 28.3 Å². The summed E-state index contributed by atoms with van der Waals surface area (Å²) in [6.45, 7) is 6.53. The number of furan rings is 1. The number of halogens is 1. The van der Waals surface area contributed by atoms with E-state index in [1.165, 1.54) is 45.6 Å². The van der Waals surface area contributed by atoms with Gasteiger partial charge in [0.05, 0.1) is 24.9 Å². The molecule has 1 saturated heterocycles. The molecule has 1 amide bonds. The Morgan fingerprint density at radius 2 is 1.89 bits per heavy atom. The molecule has 1 atom stereocenters. The van der Waals surface area contributed by atoms with Crippen molar-refractivity contribution in [2.75, 3.05) is 18.4 Å². The first kappa shape index (κ1) is 19.2. The number of likely N-dealkylation sites (tertiary alicyclic amines) is 1. The van der Waals surface area contributed by atoms with Crippen molar-refractivity contribution in [3.05, 3.63) is 75.0 Å². The molecule has 3 aromatic rings. The molecule has 0 spiro atoms. The minimum absolute atomic E-state index is 0.177. The third-order valence-corrected chi connectivity index (χ3v) is 6.94. The number of quaternary nitrogens is 1. The maximum absolute atomic E-state index is 12.7. The Balaban J connectivity index is 1.77. The largest absolute Gasteiger partial charge is 0.459 e. The Morgan fingerprint density at radius 3 is 2.54 bits per heavy atom. The summed E-state index contributed by atoms with van der Waals surface area (Å²) in [5.41, 5.74) is 3.69. The van der Waals surface area contributed by atoms with Crippen molar-refractivity contribution in [1.29, 1.82) is 0 Å². The van der Waals surface area contributed by atoms with Gasteiger partial charge in [-0.25, -0.2) is 0 Å². The average molecular weight is 416 g/mol. The van der Waals surface area contributed by atoms with Crippen LogP contribution in [0.25, 0.3) is 0 Å². The summed E-state index contributed by atoms with van der Waals surface area (Å²) >= 11 is 7.78. The second kappa shape index (κ2) is 8.11. The first-order valence-electron chi connectivity index (χ1n) is 9.59. The van der Waals surface area contributed by atoms with Gasteiger partial charge >= 0.3 is 0 Å². The molecule has 1 aliphatic heterocycles. The fourth-order valence-electron chi connectivity index (χ4n) is 4.04. The van der Waals surface area contributed by atoms with E-state index in [1.807, 2.05) is 12.1 Å². The van der Waals surface area contributed by atoms with E-state index >= 15 is 0 Å². The molecule has 146 valence electrons. The van der Waals surface area contributed by atoms with Gasteiger partial charge in [-0.05, 0) is 43.7 Å². The number of hydrogen-bond acceptors (Lipinski definition) is 3. The molecule has 3 heterocycles. The topological polar surface area (TPSA) is 46.7 Å². The van der Waals surface area contributed by atoms with E-state index < -0.39 is 0 Å². The summed E-state index contributed by atoms with van der Waals surface area (Å²) in [7, 11) is 0. The van der Waals surface area contributed by atoms with Gasteiger partial charge in [0.2, 0.25) is 0 Å². The average Bonchev–Trinajstić information content (AvgIpc) is 3.43. The molecule has 6 heteroatoms. The smallest absolute Gasteiger partial charge is 0.291 e. The van der Waals surface area contributed by atoms with Gasteiger partial charge in [0.25, 0.3) is 5.91 Å². The Bertz CT molecular complexity index is 957. The summed E-state index contributed by atoms with van der Waals surface area (Å²) in [5, 5.41) is 4.76. The van der Waals surface area contributed by atoms with Crippen LogP contribution in [0.2, 0.25) is 5.02 Å². The molecule has 4 rings (SSSR count). The van der Waals surface area contributed by atoms with Crippen molar-refractivity contribution in [1.82, 2.24) is 0 Å². The first-order chi connectivity index (χ1) is 13.5. The van der Waals surface area contributed by atoms with Crippen molar-refractivity contribution in [3.63, 3.8) is 0 Å². The lowest BCUT2D eigenvalue weighted by molar-refractivity contribution is -0.913. The van der Waals surface area contributed by atoms with E-state index in [0.717, 1.165) is 23.1 Å². The van der Waals surface area contributed by atoms with Crippen LogP contribution in [0.5, 0.6) is 0 Å². The number of benzene rings is 1. The van der Waals surface area contributed by atoms with Crippen LogP contribution >= 0.6 is 22.9 Å². The molecule has 1 aliphatic rings. The summed E-state index contributed by atoms with van der Waals surface area (Å²) in [4.78, 5) is 15.4. The zero-order valence-electron chi connectivity index (χ0n) is 16.0. The van der Waals surface area contributed by atoms with E-state index in [-0.39, 0.29) is 11.9 Å². The van der Waals surface area contributed by atoms with Crippen molar-refractivity contribution in [3.8, 4) is 0 Å². The summed E-state index contributed by atoms with van der Waals surface area (Å²) in [6.07, 6.45) is 3.98. The second-order valence-electron chi connectivity index (χ2n) is 7.31. The van der Waals surface area contributed by atoms with Crippen LogP contribution in [0.1, 0.15) is 51.0 Å². The van der Waals surface area contributed by atoms with Gasteiger partial charge in [0.15, 0.2) is 5.76 Å². The standard InChI is InChI=1S/C22H23ClN2O2S/c1-14-15(2)28-22(24-21(26)18-6-5-13-27-18)19(14)20(25-11-3-4-12-25)16-7-9-17(23)10-8-16/h5-10,13,20H,3-4,11-12H2,1-2H3,(H,24,26)/p+1/t20-/m0/s1. The zero-order chi connectivity index (χ0) is 19.7. The monoisotopic (exact) mass is 415 g/mol. The Hall–Kier alpha value is -2.08. The quantitative estimate of drug-likeness (QED) is 0.638. The highest BCUT2D eigenvalue weighted by molar-refractivity contribution is 7.16. The van der Waals surface area contributed by atoms with E-state index in [9.17, 15) is 4.79 Å². The number of aryl methyl sites for hydroxylation is 1. The highest BCUT2D eigenvalue weighted by atomic mass is 35.5. The Morgan fingerprint density at radius 1 is 1.18 bits per heavy atom. The summed E-state index contributed by atoms with van der Waals surface area (Å²) in [6, 6.07) is 11.7.